The third kappa shape index (κ3) is 6.63. The normalized spacial score (nSPS) is 16.4. The molecule has 0 unspecified atom stereocenters. The minimum absolute atomic E-state index is 0.181. The van der Waals surface area contributed by atoms with Gasteiger partial charge in [0.25, 0.3) is 5.91 Å². The summed E-state index contributed by atoms with van der Waals surface area (Å²) >= 11 is 2.81. The van der Waals surface area contributed by atoms with Crippen molar-refractivity contribution in [3.05, 3.63) is 33.0 Å². The number of likely N-dealkylation sites (tertiary alicyclic amines) is 1. The highest BCUT2D eigenvalue weighted by Gasteiger charge is 2.17. The van der Waals surface area contributed by atoms with Gasteiger partial charge in [-0.25, -0.2) is 18.1 Å². The number of carbonyl (C=O) groups is 1. The van der Waals surface area contributed by atoms with Crippen LogP contribution in [0.5, 0.6) is 0 Å². The number of piperidine rings is 1. The summed E-state index contributed by atoms with van der Waals surface area (Å²) < 4.78 is 24.7. The molecular formula is C18H26N4O3S3. The van der Waals surface area contributed by atoms with Crippen molar-refractivity contribution in [2.24, 2.45) is 5.92 Å². The smallest absolute Gasteiger partial charge is 0.267 e. The van der Waals surface area contributed by atoms with Crippen molar-refractivity contribution in [2.75, 3.05) is 31.2 Å². The van der Waals surface area contributed by atoms with Crippen LogP contribution in [0.2, 0.25) is 0 Å². The zero-order valence-electron chi connectivity index (χ0n) is 16.1. The highest BCUT2D eigenvalue weighted by atomic mass is 32.2. The molecule has 1 amide bonds. The van der Waals surface area contributed by atoms with Gasteiger partial charge in [-0.2, -0.15) is 0 Å². The summed E-state index contributed by atoms with van der Waals surface area (Å²) in [6.07, 6.45) is 4.15. The van der Waals surface area contributed by atoms with Gasteiger partial charge in [0.15, 0.2) is 5.13 Å². The van der Waals surface area contributed by atoms with E-state index in [9.17, 15) is 13.2 Å². The molecule has 0 aliphatic carbocycles. The van der Waals surface area contributed by atoms with Crippen molar-refractivity contribution in [1.82, 2.24) is 14.6 Å². The first kappa shape index (κ1) is 21.4. The highest BCUT2D eigenvalue weighted by Crippen LogP contribution is 2.23. The van der Waals surface area contributed by atoms with Crippen molar-refractivity contribution < 1.29 is 13.2 Å². The van der Waals surface area contributed by atoms with Gasteiger partial charge in [-0.1, -0.05) is 6.92 Å². The average Bonchev–Trinajstić information content (AvgIpc) is 3.25. The summed E-state index contributed by atoms with van der Waals surface area (Å²) in [7, 11) is -3.19. The Balaban J connectivity index is 1.49. The summed E-state index contributed by atoms with van der Waals surface area (Å²) in [6, 6.07) is 3.62. The summed E-state index contributed by atoms with van der Waals surface area (Å²) in [5.41, 5.74) is 0.994. The lowest BCUT2D eigenvalue weighted by Gasteiger charge is -2.29. The van der Waals surface area contributed by atoms with E-state index in [0.29, 0.717) is 23.0 Å². The number of thiophene rings is 1. The van der Waals surface area contributed by atoms with E-state index in [0.717, 1.165) is 42.4 Å². The number of hydrogen-bond acceptors (Lipinski definition) is 7. The van der Waals surface area contributed by atoms with E-state index in [-0.39, 0.29) is 5.91 Å². The number of aromatic nitrogens is 1. The Morgan fingerprint density at radius 2 is 2.07 bits per heavy atom. The molecule has 0 spiro atoms. The van der Waals surface area contributed by atoms with Crippen LogP contribution in [0.25, 0.3) is 0 Å². The average molecular weight is 443 g/mol. The Kier molecular flexibility index (Phi) is 7.21. The maximum atomic E-state index is 12.4. The van der Waals surface area contributed by atoms with Crippen LogP contribution < -0.4 is 10.0 Å². The monoisotopic (exact) mass is 442 g/mol. The van der Waals surface area contributed by atoms with Crippen molar-refractivity contribution >= 4 is 43.7 Å². The topological polar surface area (TPSA) is 91.4 Å². The number of nitrogens with one attached hydrogen (secondary N) is 2. The van der Waals surface area contributed by atoms with E-state index in [2.05, 4.69) is 26.8 Å². The molecule has 1 aliphatic heterocycles. The number of thiazole rings is 1. The molecule has 0 radical (unpaired) electrons. The number of nitrogens with zero attached hydrogens (tertiary/aromatic N) is 2. The number of sulfonamides is 1. The van der Waals surface area contributed by atoms with Crippen molar-refractivity contribution in [3.8, 4) is 0 Å². The molecule has 3 rings (SSSR count). The quantitative estimate of drug-likeness (QED) is 0.656. The predicted octanol–water partition coefficient (Wildman–Crippen LogP) is 2.78. The Morgan fingerprint density at radius 3 is 2.79 bits per heavy atom. The summed E-state index contributed by atoms with van der Waals surface area (Å²) in [6.45, 7) is 5.66. The molecule has 0 aromatic carbocycles. The molecule has 28 heavy (non-hydrogen) atoms. The van der Waals surface area contributed by atoms with E-state index in [1.807, 2.05) is 11.4 Å². The summed E-state index contributed by atoms with van der Waals surface area (Å²) in [4.78, 5) is 21.0. The Hall–Kier alpha value is -1.33. The zero-order chi connectivity index (χ0) is 20.1. The van der Waals surface area contributed by atoms with E-state index in [1.54, 1.807) is 6.07 Å². The van der Waals surface area contributed by atoms with Crippen LogP contribution in [0.15, 0.2) is 17.5 Å². The van der Waals surface area contributed by atoms with Crippen LogP contribution in [0.4, 0.5) is 5.13 Å². The molecule has 0 saturated carbocycles. The minimum atomic E-state index is -3.19. The summed E-state index contributed by atoms with van der Waals surface area (Å²) in [5.74, 6) is 0.624. The van der Waals surface area contributed by atoms with Gasteiger partial charge in [-0.15, -0.1) is 22.7 Å². The molecule has 1 saturated heterocycles. The van der Waals surface area contributed by atoms with Gasteiger partial charge >= 0.3 is 0 Å². The maximum Gasteiger partial charge on any atom is 0.267 e. The van der Waals surface area contributed by atoms with Crippen molar-refractivity contribution in [3.63, 3.8) is 0 Å². The molecule has 1 aliphatic rings. The van der Waals surface area contributed by atoms with Crippen LogP contribution in [0, 0.1) is 5.92 Å². The lowest BCUT2D eigenvalue weighted by atomic mass is 9.99. The van der Waals surface area contributed by atoms with Gasteiger partial charge in [-0.05, 0) is 50.4 Å². The largest absolute Gasteiger partial charge is 0.297 e. The number of rotatable bonds is 8. The first-order valence-electron chi connectivity index (χ1n) is 9.30. The maximum absolute atomic E-state index is 12.4. The van der Waals surface area contributed by atoms with E-state index in [4.69, 9.17) is 0 Å². The standard InChI is InChI=1S/C18H26N4O3S3/c1-13-6-9-22(10-7-13)11-14-12-26-18(20-14)21-17(23)16-4-3-15(27-16)5-8-19-28(2,24)25/h3-4,12-13,19H,5-11H2,1-2H3,(H,20,21,23). The fraction of sp³-hybridized carbons (Fsp3) is 0.556. The Bertz CT molecular complexity index is 899. The van der Waals surface area contributed by atoms with Crippen LogP contribution in [0.1, 0.15) is 40.0 Å². The molecule has 3 heterocycles. The zero-order valence-corrected chi connectivity index (χ0v) is 18.6. The van der Waals surface area contributed by atoms with E-state index < -0.39 is 10.0 Å². The molecule has 154 valence electrons. The number of hydrogen-bond donors (Lipinski definition) is 2. The molecule has 7 nitrogen and oxygen atoms in total. The fourth-order valence-electron chi connectivity index (χ4n) is 3.04. The summed E-state index contributed by atoms with van der Waals surface area (Å²) in [5, 5.41) is 5.48. The highest BCUT2D eigenvalue weighted by molar-refractivity contribution is 7.88. The van der Waals surface area contributed by atoms with Crippen LogP contribution in [-0.4, -0.2) is 50.1 Å². The first-order valence-corrected chi connectivity index (χ1v) is 12.9. The second-order valence-electron chi connectivity index (χ2n) is 7.24. The van der Waals surface area contributed by atoms with E-state index >= 15 is 0 Å². The SMILES string of the molecule is CC1CCN(Cc2csc(NC(=O)c3ccc(CCNS(C)(=O)=O)s3)n2)CC1. The molecular weight excluding hydrogens is 416 g/mol. The van der Waals surface area contributed by atoms with Crippen molar-refractivity contribution in [1.29, 1.82) is 0 Å². The number of amides is 1. The number of anilines is 1. The Morgan fingerprint density at radius 1 is 1.32 bits per heavy atom. The van der Waals surface area contributed by atoms with Gasteiger partial charge in [0.05, 0.1) is 16.8 Å². The molecule has 10 heteroatoms. The number of carbonyl (C=O) groups excluding carboxylic acids is 1. The third-order valence-corrected chi connectivity index (χ3v) is 7.33. The van der Waals surface area contributed by atoms with Gasteiger partial charge in [0.1, 0.15) is 0 Å². The lowest BCUT2D eigenvalue weighted by molar-refractivity contribution is 0.103. The van der Waals surface area contributed by atoms with E-state index in [1.165, 1.54) is 35.5 Å². The molecule has 2 aromatic heterocycles. The minimum Gasteiger partial charge on any atom is -0.297 e. The second-order valence-corrected chi connectivity index (χ2v) is 11.1. The predicted molar refractivity (Wildman–Crippen MR) is 115 cm³/mol. The van der Waals surface area contributed by atoms with Gasteiger partial charge in [0.2, 0.25) is 10.0 Å². The van der Waals surface area contributed by atoms with Crippen LogP contribution >= 0.6 is 22.7 Å². The van der Waals surface area contributed by atoms with Crippen molar-refractivity contribution in [2.45, 2.75) is 32.7 Å². The molecule has 1 fully saturated rings. The fourth-order valence-corrected chi connectivity index (χ4v) is 5.11. The molecule has 2 aromatic rings. The molecule has 0 bridgehead atoms. The molecule has 2 N–H and O–H groups in total. The van der Waals surface area contributed by atoms with Crippen LogP contribution in [-0.2, 0) is 23.0 Å². The van der Waals surface area contributed by atoms with Gasteiger partial charge < -0.3 is 0 Å². The lowest BCUT2D eigenvalue weighted by Crippen LogP contribution is -2.32. The van der Waals surface area contributed by atoms with Crippen LogP contribution in [0.3, 0.4) is 0 Å². The van der Waals surface area contributed by atoms with Gasteiger partial charge in [0, 0.05) is 23.3 Å². The van der Waals surface area contributed by atoms with Gasteiger partial charge in [-0.3, -0.25) is 15.0 Å². The second kappa shape index (κ2) is 9.45. The Labute approximate surface area is 174 Å². The third-order valence-electron chi connectivity index (χ3n) is 4.66. The first-order chi connectivity index (χ1) is 13.3. The molecule has 0 atom stereocenters.